The number of aliphatic hydroxyl groups excluding tert-OH is 1. The summed E-state index contributed by atoms with van der Waals surface area (Å²) in [6.45, 7) is 8.01. The second kappa shape index (κ2) is 9.02. The fourth-order valence-corrected chi connectivity index (χ4v) is 4.49. The van der Waals surface area contributed by atoms with Gasteiger partial charge in [-0.2, -0.15) is 0 Å². The molecule has 2 atom stereocenters. The number of carbonyl (C=O) groups excluding carboxylic acids is 1. The number of carbonyl (C=O) groups is 1. The predicted octanol–water partition coefficient (Wildman–Crippen LogP) is 0.893. The number of aliphatic hydroxyl groups is 1. The van der Waals surface area contributed by atoms with Gasteiger partial charge in [-0.3, -0.25) is 9.69 Å². The Morgan fingerprint density at radius 1 is 1.32 bits per heavy atom. The maximum Gasteiger partial charge on any atom is 0.267 e. The zero-order chi connectivity index (χ0) is 17.6. The highest BCUT2D eigenvalue weighted by Crippen LogP contribution is 2.26. The Labute approximate surface area is 153 Å². The van der Waals surface area contributed by atoms with Gasteiger partial charge in [0.1, 0.15) is 4.88 Å². The van der Waals surface area contributed by atoms with Crippen molar-refractivity contribution in [2.24, 2.45) is 11.8 Å². The van der Waals surface area contributed by atoms with E-state index in [0.29, 0.717) is 17.3 Å². The summed E-state index contributed by atoms with van der Waals surface area (Å²) in [5, 5.41) is 13.8. The standard InChI is InChI=1S/C17H28N4O3S/c1-2-3-15-16(25-19-18-15)17(23)21-10-13(8-14(11-21)12-22)9-20-4-6-24-7-5-20/h13-14,22H,2-12H2,1H3. The molecule has 2 unspecified atom stereocenters. The lowest BCUT2D eigenvalue weighted by Gasteiger charge is -2.39. The summed E-state index contributed by atoms with van der Waals surface area (Å²) in [7, 11) is 0. The Bertz CT molecular complexity index is 562. The highest BCUT2D eigenvalue weighted by Gasteiger charge is 2.33. The molecule has 1 amide bonds. The summed E-state index contributed by atoms with van der Waals surface area (Å²) < 4.78 is 9.40. The third kappa shape index (κ3) is 4.75. The van der Waals surface area contributed by atoms with E-state index in [9.17, 15) is 9.90 Å². The fourth-order valence-electron chi connectivity index (χ4n) is 3.81. The van der Waals surface area contributed by atoms with Crippen molar-refractivity contribution in [2.45, 2.75) is 26.2 Å². The molecule has 3 rings (SSSR count). The van der Waals surface area contributed by atoms with Crippen LogP contribution in [0, 0.1) is 11.8 Å². The van der Waals surface area contributed by atoms with Gasteiger partial charge in [0.05, 0.1) is 18.9 Å². The molecule has 8 heteroatoms. The minimum atomic E-state index is 0.0311. The summed E-state index contributed by atoms with van der Waals surface area (Å²) in [6, 6.07) is 0. The van der Waals surface area contributed by atoms with Crippen LogP contribution in [0.4, 0.5) is 0 Å². The highest BCUT2D eigenvalue weighted by molar-refractivity contribution is 7.08. The maximum absolute atomic E-state index is 13.0. The third-order valence-electron chi connectivity index (χ3n) is 5.03. The number of amides is 1. The van der Waals surface area contributed by atoms with Crippen molar-refractivity contribution in [3.63, 3.8) is 0 Å². The van der Waals surface area contributed by atoms with Gasteiger partial charge < -0.3 is 14.7 Å². The first kappa shape index (κ1) is 18.7. The lowest BCUT2D eigenvalue weighted by molar-refractivity contribution is 0.0131. The van der Waals surface area contributed by atoms with Crippen molar-refractivity contribution in [1.82, 2.24) is 19.4 Å². The maximum atomic E-state index is 13.0. The predicted molar refractivity (Wildman–Crippen MR) is 95.7 cm³/mol. The molecule has 0 aliphatic carbocycles. The average molecular weight is 369 g/mol. The van der Waals surface area contributed by atoms with Gasteiger partial charge >= 0.3 is 0 Å². The van der Waals surface area contributed by atoms with E-state index in [1.54, 1.807) is 0 Å². The largest absolute Gasteiger partial charge is 0.396 e. The number of aryl methyl sites for hydroxylation is 1. The molecule has 140 valence electrons. The van der Waals surface area contributed by atoms with Gasteiger partial charge in [0, 0.05) is 39.3 Å². The van der Waals surface area contributed by atoms with E-state index in [0.717, 1.165) is 64.3 Å². The minimum Gasteiger partial charge on any atom is -0.396 e. The molecule has 2 aliphatic rings. The number of morpholine rings is 1. The number of hydrogen-bond donors (Lipinski definition) is 1. The Kier molecular flexibility index (Phi) is 6.75. The molecule has 1 aromatic heterocycles. The Balaban J connectivity index is 1.66. The fraction of sp³-hybridized carbons (Fsp3) is 0.824. The van der Waals surface area contributed by atoms with Crippen molar-refractivity contribution < 1.29 is 14.6 Å². The van der Waals surface area contributed by atoms with E-state index in [4.69, 9.17) is 4.74 Å². The molecule has 1 N–H and O–H groups in total. The number of likely N-dealkylation sites (tertiary alicyclic amines) is 1. The molecule has 3 heterocycles. The molecule has 2 fully saturated rings. The van der Waals surface area contributed by atoms with Gasteiger partial charge in [0.2, 0.25) is 0 Å². The molecular formula is C17H28N4O3S. The molecule has 1 aromatic rings. The van der Waals surface area contributed by atoms with Crippen LogP contribution < -0.4 is 0 Å². The summed E-state index contributed by atoms with van der Waals surface area (Å²) in [6.07, 6.45) is 2.71. The first-order chi connectivity index (χ1) is 12.2. The Morgan fingerprint density at radius 2 is 2.08 bits per heavy atom. The molecule has 25 heavy (non-hydrogen) atoms. The van der Waals surface area contributed by atoms with E-state index in [1.165, 1.54) is 11.5 Å². The zero-order valence-corrected chi connectivity index (χ0v) is 15.7. The summed E-state index contributed by atoms with van der Waals surface area (Å²) in [5.74, 6) is 0.575. The van der Waals surface area contributed by atoms with E-state index in [-0.39, 0.29) is 18.4 Å². The zero-order valence-electron chi connectivity index (χ0n) is 14.9. The second-order valence-electron chi connectivity index (χ2n) is 7.07. The van der Waals surface area contributed by atoms with Crippen LogP contribution in [-0.2, 0) is 11.2 Å². The van der Waals surface area contributed by atoms with Crippen molar-refractivity contribution in [3.8, 4) is 0 Å². The third-order valence-corrected chi connectivity index (χ3v) is 5.78. The number of piperidine rings is 1. The van der Waals surface area contributed by atoms with Crippen molar-refractivity contribution in [1.29, 1.82) is 0 Å². The topological polar surface area (TPSA) is 78.8 Å². The summed E-state index contributed by atoms with van der Waals surface area (Å²) in [5.41, 5.74) is 0.813. The van der Waals surface area contributed by atoms with Crippen molar-refractivity contribution in [2.75, 3.05) is 52.5 Å². The Hall–Kier alpha value is -1.09. The van der Waals surface area contributed by atoms with Crippen LogP contribution in [0.1, 0.15) is 35.1 Å². The molecule has 0 aromatic carbocycles. The lowest BCUT2D eigenvalue weighted by atomic mass is 9.89. The van der Waals surface area contributed by atoms with Crippen LogP contribution in [0.3, 0.4) is 0 Å². The first-order valence-electron chi connectivity index (χ1n) is 9.22. The van der Waals surface area contributed by atoms with Gasteiger partial charge in [-0.25, -0.2) is 0 Å². The number of hydrogen-bond acceptors (Lipinski definition) is 7. The van der Waals surface area contributed by atoms with Gasteiger partial charge in [-0.05, 0) is 36.2 Å². The monoisotopic (exact) mass is 368 g/mol. The number of rotatable bonds is 6. The molecule has 0 saturated carbocycles. The minimum absolute atomic E-state index is 0.0311. The normalized spacial score (nSPS) is 25.3. The van der Waals surface area contributed by atoms with Crippen LogP contribution in [0.15, 0.2) is 0 Å². The van der Waals surface area contributed by atoms with E-state index in [1.807, 2.05) is 4.90 Å². The van der Waals surface area contributed by atoms with Gasteiger partial charge in [-0.15, -0.1) is 5.10 Å². The van der Waals surface area contributed by atoms with Crippen LogP contribution in [0.2, 0.25) is 0 Å². The van der Waals surface area contributed by atoms with Gasteiger partial charge in [-0.1, -0.05) is 17.8 Å². The molecule has 0 bridgehead atoms. The molecule has 0 spiro atoms. The quantitative estimate of drug-likeness (QED) is 0.804. The van der Waals surface area contributed by atoms with Crippen molar-refractivity contribution >= 4 is 17.4 Å². The van der Waals surface area contributed by atoms with Crippen LogP contribution in [0.25, 0.3) is 0 Å². The second-order valence-corrected chi connectivity index (χ2v) is 7.83. The number of aromatic nitrogens is 2. The highest BCUT2D eigenvalue weighted by atomic mass is 32.1. The Morgan fingerprint density at radius 3 is 2.80 bits per heavy atom. The summed E-state index contributed by atoms with van der Waals surface area (Å²) in [4.78, 5) is 18.0. The SMILES string of the molecule is CCCc1nnsc1C(=O)N1CC(CO)CC(CN2CCOCC2)C1. The number of ether oxygens (including phenoxy) is 1. The summed E-state index contributed by atoms with van der Waals surface area (Å²) >= 11 is 1.20. The average Bonchev–Trinajstić information content (AvgIpc) is 3.10. The smallest absolute Gasteiger partial charge is 0.267 e. The van der Waals surface area contributed by atoms with Crippen LogP contribution in [0.5, 0.6) is 0 Å². The van der Waals surface area contributed by atoms with Crippen LogP contribution in [-0.4, -0.2) is 82.9 Å². The lowest BCUT2D eigenvalue weighted by Crippen LogP contribution is -2.49. The molecule has 2 saturated heterocycles. The molecule has 0 radical (unpaired) electrons. The first-order valence-corrected chi connectivity index (χ1v) is 10.00. The van der Waals surface area contributed by atoms with Gasteiger partial charge in [0.15, 0.2) is 0 Å². The van der Waals surface area contributed by atoms with Crippen molar-refractivity contribution in [3.05, 3.63) is 10.6 Å². The molecule has 2 aliphatic heterocycles. The van der Waals surface area contributed by atoms with E-state index < -0.39 is 0 Å². The van der Waals surface area contributed by atoms with E-state index in [2.05, 4.69) is 21.4 Å². The number of nitrogens with zero attached hydrogens (tertiary/aromatic N) is 4. The van der Waals surface area contributed by atoms with E-state index >= 15 is 0 Å². The van der Waals surface area contributed by atoms with Crippen LogP contribution >= 0.6 is 11.5 Å². The molecule has 7 nitrogen and oxygen atoms in total. The molecular weight excluding hydrogens is 340 g/mol. The van der Waals surface area contributed by atoms with Gasteiger partial charge in [0.25, 0.3) is 5.91 Å².